The van der Waals surface area contributed by atoms with E-state index in [9.17, 15) is 14.7 Å². The van der Waals surface area contributed by atoms with Gasteiger partial charge in [0.05, 0.1) is 13.1 Å². The van der Waals surface area contributed by atoms with Gasteiger partial charge in [-0.1, -0.05) is 0 Å². The van der Waals surface area contributed by atoms with Crippen LogP contribution in [0.15, 0.2) is 9.98 Å². The third kappa shape index (κ3) is 0.767. The van der Waals surface area contributed by atoms with E-state index in [1.54, 1.807) is 0 Å². The highest BCUT2D eigenvalue weighted by Gasteiger charge is 2.43. The molecule has 1 N–H and O–H groups in total. The second-order valence-electron chi connectivity index (χ2n) is 2.59. The van der Waals surface area contributed by atoms with Gasteiger partial charge in [-0.15, -0.1) is 0 Å². The van der Waals surface area contributed by atoms with Crippen LogP contribution in [0.5, 0.6) is 0 Å². The predicted molar refractivity (Wildman–Crippen MR) is 40.6 cm³/mol. The van der Waals surface area contributed by atoms with Crippen molar-refractivity contribution in [2.24, 2.45) is 9.98 Å². The van der Waals surface area contributed by atoms with Gasteiger partial charge >= 0.3 is 0 Å². The third-order valence-corrected chi connectivity index (χ3v) is 1.84. The number of ketones is 2. The van der Waals surface area contributed by atoms with Crippen molar-refractivity contribution in [3.8, 4) is 0 Å². The number of nitrogens with zero attached hydrogens (tertiary/aromatic N) is 2. The van der Waals surface area contributed by atoms with Crippen LogP contribution in [0.25, 0.3) is 0 Å². The summed E-state index contributed by atoms with van der Waals surface area (Å²) >= 11 is 0. The summed E-state index contributed by atoms with van der Waals surface area (Å²) in [6.07, 6.45) is -1.36. The number of Topliss-reactive ketones (excluding diaryl/α,β-unsaturated/α-hetero) is 2. The average Bonchev–Trinajstić information content (AvgIpc) is 2.33. The standard InChI is InChI=1S/C7H6N2O3/c10-5-3-4(6(11)7(5)12)9-2-1-8-3/h5,10H,1-2H2. The number of carbonyl (C=O) groups excluding carboxylic acids is 2. The van der Waals surface area contributed by atoms with Crippen molar-refractivity contribution in [1.29, 1.82) is 0 Å². The van der Waals surface area contributed by atoms with Gasteiger partial charge in [-0.2, -0.15) is 0 Å². The van der Waals surface area contributed by atoms with Gasteiger partial charge in [0.25, 0.3) is 5.78 Å². The molecule has 0 aromatic carbocycles. The predicted octanol–water partition coefficient (Wildman–Crippen LogP) is -1.61. The first-order valence-corrected chi connectivity index (χ1v) is 3.57. The first kappa shape index (κ1) is 7.30. The molecule has 62 valence electrons. The molecule has 5 heteroatoms. The Morgan fingerprint density at radius 2 is 1.92 bits per heavy atom. The third-order valence-electron chi connectivity index (χ3n) is 1.84. The van der Waals surface area contributed by atoms with Gasteiger partial charge < -0.3 is 5.11 Å². The zero-order valence-electron chi connectivity index (χ0n) is 6.15. The number of rotatable bonds is 0. The van der Waals surface area contributed by atoms with Gasteiger partial charge in [-0.05, 0) is 0 Å². The highest BCUT2D eigenvalue weighted by Crippen LogP contribution is 2.10. The molecule has 0 bridgehead atoms. The summed E-state index contributed by atoms with van der Waals surface area (Å²) in [7, 11) is 0. The first-order valence-electron chi connectivity index (χ1n) is 3.57. The molecule has 1 heterocycles. The Morgan fingerprint density at radius 1 is 1.25 bits per heavy atom. The maximum Gasteiger partial charge on any atom is 0.251 e. The molecule has 2 rings (SSSR count). The molecule has 1 saturated carbocycles. The molecule has 0 amide bonds. The Balaban J connectivity index is 2.51. The Bertz CT molecular complexity index is 330. The van der Waals surface area contributed by atoms with E-state index in [2.05, 4.69) is 9.98 Å². The van der Waals surface area contributed by atoms with Gasteiger partial charge in [-0.3, -0.25) is 19.6 Å². The lowest BCUT2D eigenvalue weighted by atomic mass is 10.2. The van der Waals surface area contributed by atoms with Crippen molar-refractivity contribution in [2.45, 2.75) is 6.10 Å². The molecule has 5 nitrogen and oxygen atoms in total. The van der Waals surface area contributed by atoms with E-state index in [0.717, 1.165) is 0 Å². The molecule has 1 aliphatic carbocycles. The van der Waals surface area contributed by atoms with E-state index < -0.39 is 17.7 Å². The highest BCUT2D eigenvalue weighted by atomic mass is 16.3. The summed E-state index contributed by atoms with van der Waals surface area (Å²) in [5.74, 6) is -1.52. The highest BCUT2D eigenvalue weighted by molar-refractivity contribution is 6.89. The van der Waals surface area contributed by atoms with Crippen molar-refractivity contribution >= 4 is 23.0 Å². The van der Waals surface area contributed by atoms with Gasteiger partial charge in [-0.25, -0.2) is 0 Å². The quantitative estimate of drug-likeness (QED) is 0.440. The van der Waals surface area contributed by atoms with Crippen LogP contribution < -0.4 is 0 Å². The summed E-state index contributed by atoms with van der Waals surface area (Å²) < 4.78 is 0. The number of fused-ring (bicyclic) bond motifs is 1. The number of carbonyl (C=O) groups is 2. The largest absolute Gasteiger partial charge is 0.378 e. The van der Waals surface area contributed by atoms with E-state index in [0.29, 0.717) is 13.1 Å². The minimum absolute atomic E-state index is 0.0544. The number of hydrogen-bond donors (Lipinski definition) is 1. The minimum Gasteiger partial charge on any atom is -0.378 e. The van der Waals surface area contributed by atoms with Crippen LogP contribution in [-0.2, 0) is 9.59 Å². The van der Waals surface area contributed by atoms with Crippen molar-refractivity contribution in [2.75, 3.05) is 13.1 Å². The van der Waals surface area contributed by atoms with Crippen molar-refractivity contribution < 1.29 is 14.7 Å². The molecule has 1 aliphatic heterocycles. The number of hydrogen-bond acceptors (Lipinski definition) is 5. The van der Waals surface area contributed by atoms with Gasteiger partial charge in [0.1, 0.15) is 11.4 Å². The molecular formula is C7H6N2O3. The molecule has 1 atom stereocenters. The zero-order valence-corrected chi connectivity index (χ0v) is 6.15. The fourth-order valence-corrected chi connectivity index (χ4v) is 1.26. The van der Waals surface area contributed by atoms with E-state index in [1.165, 1.54) is 0 Å². The first-order chi connectivity index (χ1) is 5.72. The van der Waals surface area contributed by atoms with Crippen molar-refractivity contribution in [3.63, 3.8) is 0 Å². The normalized spacial score (nSPS) is 28.2. The number of aliphatic imine (C=N–C) groups is 2. The lowest BCUT2D eigenvalue weighted by Gasteiger charge is -2.05. The summed E-state index contributed by atoms with van der Waals surface area (Å²) in [6.45, 7) is 0.862. The number of aliphatic hydroxyl groups excluding tert-OH is 1. The van der Waals surface area contributed by atoms with Gasteiger partial charge in [0.15, 0.2) is 6.10 Å². The molecule has 12 heavy (non-hydrogen) atoms. The van der Waals surface area contributed by atoms with E-state index >= 15 is 0 Å². The Labute approximate surface area is 67.8 Å². The van der Waals surface area contributed by atoms with Crippen LogP contribution in [0.3, 0.4) is 0 Å². The maximum absolute atomic E-state index is 11.0. The summed E-state index contributed by atoms with van der Waals surface area (Å²) in [5, 5.41) is 9.18. The molecule has 1 fully saturated rings. The Morgan fingerprint density at radius 3 is 2.58 bits per heavy atom. The second-order valence-corrected chi connectivity index (χ2v) is 2.59. The molecule has 0 aromatic heterocycles. The lowest BCUT2D eigenvalue weighted by Crippen LogP contribution is -2.25. The van der Waals surface area contributed by atoms with Gasteiger partial charge in [0, 0.05) is 0 Å². The number of aliphatic hydroxyl groups is 1. The summed E-state index contributed by atoms with van der Waals surface area (Å²) in [6, 6.07) is 0. The topological polar surface area (TPSA) is 79.1 Å². The molecule has 0 radical (unpaired) electrons. The van der Waals surface area contributed by atoms with Crippen LogP contribution >= 0.6 is 0 Å². The Hall–Kier alpha value is -1.36. The molecule has 0 spiro atoms. The maximum atomic E-state index is 11.0. The molecule has 1 unspecified atom stereocenters. The van der Waals surface area contributed by atoms with Crippen LogP contribution in [-0.4, -0.2) is 47.3 Å². The minimum atomic E-state index is -1.36. The second kappa shape index (κ2) is 2.31. The lowest BCUT2D eigenvalue weighted by molar-refractivity contribution is -0.135. The van der Waals surface area contributed by atoms with Crippen LogP contribution in [0.2, 0.25) is 0 Å². The zero-order chi connectivity index (χ0) is 8.72. The summed E-state index contributed by atoms with van der Waals surface area (Å²) in [5.41, 5.74) is 0.204. The summed E-state index contributed by atoms with van der Waals surface area (Å²) in [4.78, 5) is 29.6. The van der Waals surface area contributed by atoms with Gasteiger partial charge in [0.2, 0.25) is 5.78 Å². The molecule has 0 aromatic rings. The van der Waals surface area contributed by atoms with Crippen LogP contribution in [0, 0.1) is 0 Å². The van der Waals surface area contributed by atoms with E-state index in [4.69, 9.17) is 0 Å². The average molecular weight is 166 g/mol. The van der Waals surface area contributed by atoms with E-state index in [1.807, 2.05) is 0 Å². The smallest absolute Gasteiger partial charge is 0.251 e. The fourth-order valence-electron chi connectivity index (χ4n) is 1.26. The molecule has 0 saturated heterocycles. The van der Waals surface area contributed by atoms with Crippen LogP contribution in [0.4, 0.5) is 0 Å². The van der Waals surface area contributed by atoms with E-state index in [-0.39, 0.29) is 11.4 Å². The molecule has 2 aliphatic rings. The van der Waals surface area contributed by atoms with Crippen molar-refractivity contribution in [1.82, 2.24) is 0 Å². The fraction of sp³-hybridized carbons (Fsp3) is 0.429. The van der Waals surface area contributed by atoms with Crippen LogP contribution in [0.1, 0.15) is 0 Å². The van der Waals surface area contributed by atoms with Crippen molar-refractivity contribution in [3.05, 3.63) is 0 Å². The molecular weight excluding hydrogens is 160 g/mol. The SMILES string of the molecule is O=C1C(=O)C(O)C2=NCCN=C12. The monoisotopic (exact) mass is 166 g/mol. The Kier molecular flexibility index (Phi) is 1.41.